The van der Waals surface area contributed by atoms with Gasteiger partial charge in [0.05, 0.1) is 0 Å². The normalized spacial score (nSPS) is 12.8. The summed E-state index contributed by atoms with van der Waals surface area (Å²) in [6, 6.07) is 12.3. The van der Waals surface area contributed by atoms with Crippen molar-refractivity contribution in [2.75, 3.05) is 0 Å². The van der Waals surface area contributed by atoms with E-state index < -0.39 is 0 Å². The van der Waals surface area contributed by atoms with Gasteiger partial charge in [0.15, 0.2) is 0 Å². The predicted octanol–water partition coefficient (Wildman–Crippen LogP) is 6.05. The number of aryl methyl sites for hydroxylation is 1. The number of aromatic hydroxyl groups is 1. The van der Waals surface area contributed by atoms with Crippen LogP contribution in [0.25, 0.3) is 0 Å². The maximum Gasteiger partial charge on any atom is 0.144 e. The van der Waals surface area contributed by atoms with Gasteiger partial charge in [0, 0.05) is 11.8 Å². The molecule has 0 heterocycles. The summed E-state index contributed by atoms with van der Waals surface area (Å²) in [5.74, 6) is 0.277. The minimum Gasteiger partial charge on any atom is -0.505 e. The third-order valence-corrected chi connectivity index (χ3v) is 4.19. The Morgan fingerprint density at radius 2 is 1.46 bits per heavy atom. The van der Waals surface area contributed by atoms with Crippen molar-refractivity contribution in [3.8, 4) is 5.75 Å². The van der Waals surface area contributed by atoms with Crippen LogP contribution in [0.2, 0.25) is 0 Å². The van der Waals surface area contributed by atoms with E-state index >= 15 is 0 Å². The third-order valence-electron chi connectivity index (χ3n) is 4.19. The standard InChI is InChI=1S/C22H29NO/c1-15-8-10-16(11-9-15)14-23-19-13-17(21(2,3)4)12-18(20(19)24)22(5,6)7/h8-14,24H,1-7H3. The van der Waals surface area contributed by atoms with Crippen LogP contribution >= 0.6 is 0 Å². The second kappa shape index (κ2) is 6.43. The van der Waals surface area contributed by atoms with Gasteiger partial charge in [0.1, 0.15) is 11.4 Å². The van der Waals surface area contributed by atoms with Crippen LogP contribution in [0.4, 0.5) is 5.69 Å². The Morgan fingerprint density at radius 3 is 1.96 bits per heavy atom. The first-order chi connectivity index (χ1) is 11.0. The van der Waals surface area contributed by atoms with E-state index in [2.05, 4.69) is 71.7 Å². The predicted molar refractivity (Wildman–Crippen MR) is 104 cm³/mol. The molecule has 128 valence electrons. The van der Waals surface area contributed by atoms with Gasteiger partial charge in [-0.2, -0.15) is 0 Å². The first-order valence-corrected chi connectivity index (χ1v) is 8.47. The van der Waals surface area contributed by atoms with Crippen molar-refractivity contribution in [2.45, 2.75) is 59.3 Å². The Morgan fingerprint density at radius 1 is 0.875 bits per heavy atom. The minimum atomic E-state index is -0.139. The van der Waals surface area contributed by atoms with Gasteiger partial charge in [-0.1, -0.05) is 77.4 Å². The van der Waals surface area contributed by atoms with Crippen LogP contribution in [0.1, 0.15) is 63.8 Å². The highest BCUT2D eigenvalue weighted by molar-refractivity contribution is 5.83. The topological polar surface area (TPSA) is 32.6 Å². The first kappa shape index (κ1) is 18.3. The van der Waals surface area contributed by atoms with E-state index in [-0.39, 0.29) is 16.6 Å². The molecule has 2 nitrogen and oxygen atoms in total. The van der Waals surface area contributed by atoms with Gasteiger partial charge in [0.25, 0.3) is 0 Å². The van der Waals surface area contributed by atoms with Crippen LogP contribution in [0.3, 0.4) is 0 Å². The average Bonchev–Trinajstić information content (AvgIpc) is 2.45. The second-order valence-corrected chi connectivity index (χ2v) is 8.56. The van der Waals surface area contributed by atoms with Crippen LogP contribution in [0, 0.1) is 6.92 Å². The van der Waals surface area contributed by atoms with E-state index in [4.69, 9.17) is 0 Å². The monoisotopic (exact) mass is 323 g/mol. The molecule has 0 aliphatic rings. The van der Waals surface area contributed by atoms with Gasteiger partial charge in [-0.3, -0.25) is 4.99 Å². The van der Waals surface area contributed by atoms with Crippen LogP contribution in [0.15, 0.2) is 41.4 Å². The van der Waals surface area contributed by atoms with Gasteiger partial charge < -0.3 is 5.11 Å². The van der Waals surface area contributed by atoms with Gasteiger partial charge in [-0.15, -0.1) is 0 Å². The van der Waals surface area contributed by atoms with Crippen molar-refractivity contribution in [3.63, 3.8) is 0 Å². The van der Waals surface area contributed by atoms with Crippen molar-refractivity contribution in [2.24, 2.45) is 4.99 Å². The number of rotatable bonds is 2. The summed E-state index contributed by atoms with van der Waals surface area (Å²) in [7, 11) is 0. The van der Waals surface area contributed by atoms with E-state index in [9.17, 15) is 5.11 Å². The summed E-state index contributed by atoms with van der Waals surface area (Å²) in [4.78, 5) is 4.58. The van der Waals surface area contributed by atoms with Crippen LogP contribution in [0.5, 0.6) is 5.75 Å². The number of aliphatic imine (C=N–C) groups is 1. The molecule has 2 rings (SSSR count). The molecule has 0 saturated heterocycles. The quantitative estimate of drug-likeness (QED) is 0.671. The number of hydrogen-bond donors (Lipinski definition) is 1. The fraction of sp³-hybridized carbons (Fsp3) is 0.409. The summed E-state index contributed by atoms with van der Waals surface area (Å²) in [5.41, 5.74) is 4.86. The molecule has 24 heavy (non-hydrogen) atoms. The summed E-state index contributed by atoms with van der Waals surface area (Å²) in [6.07, 6.45) is 1.81. The van der Waals surface area contributed by atoms with Crippen LogP contribution in [-0.2, 0) is 10.8 Å². The van der Waals surface area contributed by atoms with E-state index in [1.807, 2.05) is 24.4 Å². The van der Waals surface area contributed by atoms with Crippen LogP contribution < -0.4 is 0 Å². The lowest BCUT2D eigenvalue weighted by Gasteiger charge is -2.26. The molecular weight excluding hydrogens is 294 g/mol. The molecule has 0 radical (unpaired) electrons. The van der Waals surface area contributed by atoms with Crippen molar-refractivity contribution in [1.82, 2.24) is 0 Å². The van der Waals surface area contributed by atoms with Crippen molar-refractivity contribution in [1.29, 1.82) is 0 Å². The Labute approximate surface area is 146 Å². The molecule has 0 amide bonds. The molecule has 1 N–H and O–H groups in total. The SMILES string of the molecule is Cc1ccc(C=Nc2cc(C(C)(C)C)cc(C(C)(C)C)c2O)cc1. The molecule has 0 aliphatic carbocycles. The molecular formula is C22H29NO. The van der Waals surface area contributed by atoms with E-state index in [0.717, 1.165) is 11.1 Å². The maximum absolute atomic E-state index is 10.7. The van der Waals surface area contributed by atoms with Gasteiger partial charge >= 0.3 is 0 Å². The molecule has 2 aromatic carbocycles. The van der Waals surface area contributed by atoms with E-state index in [1.54, 1.807) is 0 Å². The van der Waals surface area contributed by atoms with Crippen molar-refractivity contribution < 1.29 is 5.11 Å². The molecule has 0 bridgehead atoms. The zero-order valence-corrected chi connectivity index (χ0v) is 15.9. The number of benzene rings is 2. The molecule has 0 saturated carbocycles. The highest BCUT2D eigenvalue weighted by Gasteiger charge is 2.24. The lowest BCUT2D eigenvalue weighted by Crippen LogP contribution is -2.16. The first-order valence-electron chi connectivity index (χ1n) is 8.47. The molecule has 0 aromatic heterocycles. The molecule has 2 heteroatoms. The molecule has 0 aliphatic heterocycles. The molecule has 0 atom stereocenters. The summed E-state index contributed by atoms with van der Waals surface area (Å²) in [5, 5.41) is 10.7. The lowest BCUT2D eigenvalue weighted by molar-refractivity contribution is 0.446. The molecule has 2 aromatic rings. The number of phenols is 1. The smallest absolute Gasteiger partial charge is 0.144 e. The number of nitrogens with zero attached hydrogens (tertiary/aromatic N) is 1. The summed E-state index contributed by atoms with van der Waals surface area (Å²) >= 11 is 0. The van der Waals surface area contributed by atoms with Crippen molar-refractivity contribution in [3.05, 3.63) is 58.7 Å². The Bertz CT molecular complexity index is 741. The highest BCUT2D eigenvalue weighted by Crippen LogP contribution is 2.41. The zero-order chi connectivity index (χ0) is 18.1. The van der Waals surface area contributed by atoms with E-state index in [1.165, 1.54) is 11.1 Å². The fourth-order valence-corrected chi connectivity index (χ4v) is 2.52. The Hall–Kier alpha value is -2.09. The third kappa shape index (κ3) is 4.25. The van der Waals surface area contributed by atoms with Gasteiger partial charge in [0.2, 0.25) is 0 Å². The molecule has 0 spiro atoms. The van der Waals surface area contributed by atoms with Crippen molar-refractivity contribution >= 4 is 11.9 Å². The number of hydrogen-bond acceptors (Lipinski definition) is 2. The maximum atomic E-state index is 10.7. The average molecular weight is 323 g/mol. The lowest BCUT2D eigenvalue weighted by atomic mass is 9.80. The van der Waals surface area contributed by atoms with E-state index in [0.29, 0.717) is 5.69 Å². The summed E-state index contributed by atoms with van der Waals surface area (Å²) < 4.78 is 0. The Balaban J connectivity index is 2.54. The van der Waals surface area contributed by atoms with Crippen LogP contribution in [-0.4, -0.2) is 11.3 Å². The minimum absolute atomic E-state index is 0.00181. The largest absolute Gasteiger partial charge is 0.505 e. The highest BCUT2D eigenvalue weighted by atomic mass is 16.3. The van der Waals surface area contributed by atoms with Gasteiger partial charge in [-0.05, 0) is 34.9 Å². The molecule has 0 unspecified atom stereocenters. The number of phenolic OH excluding ortho intramolecular Hbond substituents is 1. The molecule has 0 fully saturated rings. The summed E-state index contributed by atoms with van der Waals surface area (Å²) in [6.45, 7) is 14.9. The zero-order valence-electron chi connectivity index (χ0n) is 15.9. The second-order valence-electron chi connectivity index (χ2n) is 8.56. The fourth-order valence-electron chi connectivity index (χ4n) is 2.52. The van der Waals surface area contributed by atoms with Gasteiger partial charge in [-0.25, -0.2) is 0 Å². The Kier molecular flexibility index (Phi) is 4.89.